The largest absolute Gasteiger partial charge is 0.396 e. The Bertz CT molecular complexity index is 514. The molecule has 1 aromatic rings. The van der Waals surface area contributed by atoms with Crippen LogP contribution < -0.4 is 11.1 Å². The summed E-state index contributed by atoms with van der Waals surface area (Å²) in [5.74, 6) is -2.33. The number of rotatable bonds is 3. The Kier molecular flexibility index (Phi) is 4.14. The highest BCUT2D eigenvalue weighted by atomic mass is 19.1. The van der Waals surface area contributed by atoms with Gasteiger partial charge < -0.3 is 11.1 Å². The fourth-order valence-electron chi connectivity index (χ4n) is 2.14. The standard InChI is InChI=1S/C14H16F2N2O/c15-10-6-7-11(17)13(16)12(10)14(19)18-8-9-4-2-1-3-5-9/h1-2,6-7,9H,3-5,8,17H2,(H,18,19). The van der Waals surface area contributed by atoms with Crippen molar-refractivity contribution in [1.29, 1.82) is 0 Å². The van der Waals surface area contributed by atoms with E-state index in [2.05, 4.69) is 17.5 Å². The Morgan fingerprint density at radius 1 is 1.37 bits per heavy atom. The molecule has 1 aliphatic rings. The van der Waals surface area contributed by atoms with E-state index in [-0.39, 0.29) is 5.69 Å². The number of benzene rings is 1. The van der Waals surface area contributed by atoms with Gasteiger partial charge in [-0.25, -0.2) is 8.78 Å². The minimum atomic E-state index is -0.999. The molecule has 2 rings (SSSR count). The molecule has 0 bridgehead atoms. The van der Waals surface area contributed by atoms with Gasteiger partial charge in [-0.2, -0.15) is 0 Å². The number of carbonyl (C=O) groups is 1. The summed E-state index contributed by atoms with van der Waals surface area (Å²) in [6, 6.07) is 2.10. The van der Waals surface area contributed by atoms with Crippen molar-refractivity contribution in [3.05, 3.63) is 41.5 Å². The van der Waals surface area contributed by atoms with Gasteiger partial charge in [0.25, 0.3) is 5.91 Å². The maximum atomic E-state index is 13.6. The average molecular weight is 266 g/mol. The minimum Gasteiger partial charge on any atom is -0.396 e. The molecular formula is C14H16F2N2O. The smallest absolute Gasteiger partial charge is 0.257 e. The third kappa shape index (κ3) is 3.10. The highest BCUT2D eigenvalue weighted by molar-refractivity contribution is 5.95. The van der Waals surface area contributed by atoms with E-state index in [0.29, 0.717) is 12.5 Å². The van der Waals surface area contributed by atoms with Crippen LogP contribution in [-0.2, 0) is 0 Å². The van der Waals surface area contributed by atoms with E-state index >= 15 is 0 Å². The highest BCUT2D eigenvalue weighted by Crippen LogP contribution is 2.20. The number of nitrogens with two attached hydrogens (primary N) is 1. The third-order valence-corrected chi connectivity index (χ3v) is 3.28. The predicted molar refractivity (Wildman–Crippen MR) is 69.6 cm³/mol. The van der Waals surface area contributed by atoms with Crippen molar-refractivity contribution in [3.63, 3.8) is 0 Å². The molecule has 0 radical (unpaired) electrons. The summed E-state index contributed by atoms with van der Waals surface area (Å²) in [6.45, 7) is 0.414. The molecule has 1 unspecified atom stereocenters. The molecule has 102 valence electrons. The average Bonchev–Trinajstić information content (AvgIpc) is 2.42. The van der Waals surface area contributed by atoms with E-state index in [1.807, 2.05) is 0 Å². The monoisotopic (exact) mass is 266 g/mol. The van der Waals surface area contributed by atoms with Crippen LogP contribution in [0.4, 0.5) is 14.5 Å². The number of nitrogen functional groups attached to an aromatic ring is 1. The van der Waals surface area contributed by atoms with Crippen LogP contribution in [0.25, 0.3) is 0 Å². The van der Waals surface area contributed by atoms with Crippen LogP contribution in [0.3, 0.4) is 0 Å². The van der Waals surface area contributed by atoms with E-state index in [1.165, 1.54) is 0 Å². The molecule has 0 fully saturated rings. The van der Waals surface area contributed by atoms with Crippen molar-refractivity contribution in [2.24, 2.45) is 5.92 Å². The molecule has 3 N–H and O–H groups in total. The molecule has 0 heterocycles. The predicted octanol–water partition coefficient (Wildman–Crippen LogP) is 2.63. The van der Waals surface area contributed by atoms with Crippen molar-refractivity contribution in [2.75, 3.05) is 12.3 Å². The van der Waals surface area contributed by atoms with Crippen LogP contribution in [0.15, 0.2) is 24.3 Å². The van der Waals surface area contributed by atoms with Crippen LogP contribution in [0.1, 0.15) is 29.6 Å². The van der Waals surface area contributed by atoms with Crippen molar-refractivity contribution in [2.45, 2.75) is 19.3 Å². The Balaban J connectivity index is 2.04. The van der Waals surface area contributed by atoms with Gasteiger partial charge in [0.2, 0.25) is 0 Å². The minimum absolute atomic E-state index is 0.229. The van der Waals surface area contributed by atoms with Crippen LogP contribution in [0.5, 0.6) is 0 Å². The number of carbonyl (C=O) groups excluding carboxylic acids is 1. The molecule has 1 amide bonds. The summed E-state index contributed by atoms with van der Waals surface area (Å²) in [6.07, 6.45) is 6.97. The van der Waals surface area contributed by atoms with Crippen LogP contribution >= 0.6 is 0 Å². The normalized spacial score (nSPS) is 18.3. The van der Waals surface area contributed by atoms with Crippen molar-refractivity contribution < 1.29 is 13.6 Å². The lowest BCUT2D eigenvalue weighted by molar-refractivity contribution is 0.0938. The van der Waals surface area contributed by atoms with Crippen LogP contribution in [0.2, 0.25) is 0 Å². The first-order valence-electron chi connectivity index (χ1n) is 6.26. The van der Waals surface area contributed by atoms with Crippen LogP contribution in [-0.4, -0.2) is 12.5 Å². The van der Waals surface area contributed by atoms with Gasteiger partial charge >= 0.3 is 0 Å². The highest BCUT2D eigenvalue weighted by Gasteiger charge is 2.20. The second-order valence-electron chi connectivity index (χ2n) is 4.69. The molecule has 0 saturated carbocycles. The van der Waals surface area contributed by atoms with E-state index in [4.69, 9.17) is 5.73 Å². The van der Waals surface area contributed by atoms with Gasteiger partial charge in [0.05, 0.1) is 5.69 Å². The second-order valence-corrected chi connectivity index (χ2v) is 4.69. The first-order valence-corrected chi connectivity index (χ1v) is 6.26. The Morgan fingerprint density at radius 3 is 2.84 bits per heavy atom. The van der Waals surface area contributed by atoms with Crippen LogP contribution in [0, 0.1) is 17.6 Å². The molecule has 5 heteroatoms. The van der Waals surface area contributed by atoms with Gasteiger partial charge in [0, 0.05) is 6.54 Å². The fourth-order valence-corrected chi connectivity index (χ4v) is 2.14. The topological polar surface area (TPSA) is 55.1 Å². The van der Waals surface area contributed by atoms with E-state index in [0.717, 1.165) is 31.4 Å². The quantitative estimate of drug-likeness (QED) is 0.652. The van der Waals surface area contributed by atoms with Gasteiger partial charge in [0.1, 0.15) is 11.4 Å². The Hall–Kier alpha value is -1.91. The summed E-state index contributed by atoms with van der Waals surface area (Å²) in [4.78, 5) is 11.8. The summed E-state index contributed by atoms with van der Waals surface area (Å²) >= 11 is 0. The zero-order valence-corrected chi connectivity index (χ0v) is 10.5. The van der Waals surface area contributed by atoms with Gasteiger partial charge in [-0.05, 0) is 37.3 Å². The summed E-state index contributed by atoms with van der Waals surface area (Å²) < 4.78 is 27.1. The Morgan fingerprint density at radius 2 is 2.16 bits per heavy atom. The van der Waals surface area contributed by atoms with Gasteiger partial charge in [-0.1, -0.05) is 12.2 Å². The van der Waals surface area contributed by atoms with Crippen molar-refractivity contribution in [1.82, 2.24) is 5.32 Å². The summed E-state index contributed by atoms with van der Waals surface area (Å²) in [7, 11) is 0. The zero-order valence-electron chi connectivity index (χ0n) is 10.5. The molecule has 1 aromatic carbocycles. The lowest BCUT2D eigenvalue weighted by Gasteiger charge is -2.18. The van der Waals surface area contributed by atoms with E-state index < -0.39 is 23.1 Å². The molecular weight excluding hydrogens is 250 g/mol. The van der Waals surface area contributed by atoms with E-state index in [1.54, 1.807) is 0 Å². The molecule has 1 atom stereocenters. The molecule has 3 nitrogen and oxygen atoms in total. The molecule has 0 aromatic heterocycles. The number of anilines is 1. The number of amides is 1. The second kappa shape index (κ2) is 5.82. The lowest BCUT2D eigenvalue weighted by atomic mass is 9.94. The zero-order chi connectivity index (χ0) is 13.8. The maximum absolute atomic E-state index is 13.6. The number of nitrogens with one attached hydrogen (secondary N) is 1. The van der Waals surface area contributed by atoms with E-state index in [9.17, 15) is 13.6 Å². The molecule has 0 aliphatic heterocycles. The number of halogens is 2. The van der Waals surface area contributed by atoms with Gasteiger partial charge in [-0.15, -0.1) is 0 Å². The number of hydrogen-bond acceptors (Lipinski definition) is 2. The van der Waals surface area contributed by atoms with Gasteiger partial charge in [0.15, 0.2) is 5.82 Å². The molecule has 1 aliphatic carbocycles. The first kappa shape index (κ1) is 13.5. The SMILES string of the molecule is Nc1ccc(F)c(C(=O)NCC2CC=CCC2)c1F. The number of allylic oxidation sites excluding steroid dienone is 2. The Labute approximate surface area is 110 Å². The number of hydrogen-bond donors (Lipinski definition) is 2. The molecule has 0 spiro atoms. The first-order chi connectivity index (χ1) is 9.09. The summed E-state index contributed by atoms with van der Waals surface area (Å²) in [5.41, 5.74) is 4.50. The van der Waals surface area contributed by atoms with Crippen molar-refractivity contribution in [3.8, 4) is 0 Å². The van der Waals surface area contributed by atoms with Crippen molar-refractivity contribution >= 4 is 11.6 Å². The third-order valence-electron chi connectivity index (χ3n) is 3.28. The molecule has 0 saturated heterocycles. The maximum Gasteiger partial charge on any atom is 0.257 e. The lowest BCUT2D eigenvalue weighted by Crippen LogP contribution is -2.31. The van der Waals surface area contributed by atoms with Gasteiger partial charge in [-0.3, -0.25) is 4.79 Å². The molecule has 19 heavy (non-hydrogen) atoms. The summed E-state index contributed by atoms with van der Waals surface area (Å²) in [5, 5.41) is 2.57. The fraction of sp³-hybridized carbons (Fsp3) is 0.357.